The number of para-hydroxylation sites is 1. The predicted octanol–water partition coefficient (Wildman–Crippen LogP) is 1.60. The molecule has 0 unspecified atom stereocenters. The lowest BCUT2D eigenvalue weighted by Gasteiger charge is -2.07. The molecule has 110 valence electrons. The SMILES string of the molecule is CNC(=S)NNC(=O)c1ccc(COc2ccccc2)o1. The summed E-state index contributed by atoms with van der Waals surface area (Å²) in [6.45, 7) is 0.250. The zero-order valence-electron chi connectivity index (χ0n) is 11.4. The standard InChI is InChI=1S/C14H15N3O3S/c1-15-14(21)17-16-13(18)12-8-7-11(20-12)9-19-10-5-3-2-4-6-10/h2-8H,9H2,1H3,(H,16,18)(H2,15,17,21). The molecule has 7 heteroatoms. The van der Waals surface area contributed by atoms with Gasteiger partial charge in [0, 0.05) is 7.05 Å². The van der Waals surface area contributed by atoms with Crippen LogP contribution in [0.2, 0.25) is 0 Å². The van der Waals surface area contributed by atoms with Crippen LogP contribution in [0.5, 0.6) is 5.75 Å². The number of thiocarbonyl (C=S) groups is 1. The second kappa shape index (κ2) is 7.30. The summed E-state index contributed by atoms with van der Waals surface area (Å²) in [4.78, 5) is 11.8. The molecule has 3 N–H and O–H groups in total. The van der Waals surface area contributed by atoms with Crippen LogP contribution in [0.4, 0.5) is 0 Å². The van der Waals surface area contributed by atoms with E-state index in [9.17, 15) is 4.79 Å². The molecule has 0 atom stereocenters. The maximum Gasteiger partial charge on any atom is 0.305 e. The fourth-order valence-corrected chi connectivity index (χ4v) is 1.54. The van der Waals surface area contributed by atoms with Crippen molar-refractivity contribution >= 4 is 23.2 Å². The summed E-state index contributed by atoms with van der Waals surface area (Å²) in [5.41, 5.74) is 4.94. The van der Waals surface area contributed by atoms with Crippen molar-refractivity contribution < 1.29 is 13.9 Å². The number of hydrogen-bond acceptors (Lipinski definition) is 4. The van der Waals surface area contributed by atoms with Crippen molar-refractivity contribution in [2.45, 2.75) is 6.61 Å². The third-order valence-electron chi connectivity index (χ3n) is 2.53. The normalized spacial score (nSPS) is 9.76. The molecule has 0 aliphatic heterocycles. The third kappa shape index (κ3) is 4.50. The Morgan fingerprint density at radius 1 is 1.19 bits per heavy atom. The summed E-state index contributed by atoms with van der Waals surface area (Å²) in [6, 6.07) is 12.6. The first-order valence-corrected chi connectivity index (χ1v) is 6.64. The molecule has 0 radical (unpaired) electrons. The Morgan fingerprint density at radius 2 is 1.95 bits per heavy atom. The number of carbonyl (C=O) groups excluding carboxylic acids is 1. The molecule has 1 aromatic carbocycles. The largest absolute Gasteiger partial charge is 0.486 e. The van der Waals surface area contributed by atoms with Crippen LogP contribution in [0.15, 0.2) is 46.9 Å². The number of furan rings is 1. The van der Waals surface area contributed by atoms with E-state index in [0.717, 1.165) is 5.75 Å². The number of carbonyl (C=O) groups is 1. The molecule has 2 aromatic rings. The number of benzene rings is 1. The quantitative estimate of drug-likeness (QED) is 0.588. The number of hydrazine groups is 1. The first-order chi connectivity index (χ1) is 10.2. The highest BCUT2D eigenvalue weighted by Crippen LogP contribution is 2.13. The number of hydrogen-bond donors (Lipinski definition) is 3. The number of nitrogens with one attached hydrogen (secondary N) is 3. The average Bonchev–Trinajstić information content (AvgIpc) is 3.00. The van der Waals surface area contributed by atoms with E-state index in [2.05, 4.69) is 16.2 Å². The number of rotatable bonds is 4. The van der Waals surface area contributed by atoms with E-state index in [-0.39, 0.29) is 12.4 Å². The van der Waals surface area contributed by atoms with Crippen molar-refractivity contribution in [2.24, 2.45) is 0 Å². The van der Waals surface area contributed by atoms with Gasteiger partial charge in [0.25, 0.3) is 0 Å². The lowest BCUT2D eigenvalue weighted by molar-refractivity contribution is 0.0911. The van der Waals surface area contributed by atoms with E-state index < -0.39 is 5.91 Å². The van der Waals surface area contributed by atoms with Crippen molar-refractivity contribution in [3.05, 3.63) is 54.0 Å². The minimum atomic E-state index is -0.418. The van der Waals surface area contributed by atoms with Crippen LogP contribution in [0.25, 0.3) is 0 Å². The minimum Gasteiger partial charge on any atom is -0.486 e. The van der Waals surface area contributed by atoms with Crippen LogP contribution >= 0.6 is 12.2 Å². The van der Waals surface area contributed by atoms with Crippen LogP contribution in [0.1, 0.15) is 16.3 Å². The minimum absolute atomic E-state index is 0.174. The van der Waals surface area contributed by atoms with Gasteiger partial charge in [-0.05, 0) is 36.5 Å². The third-order valence-corrected chi connectivity index (χ3v) is 2.83. The first kappa shape index (κ1) is 14.9. The van der Waals surface area contributed by atoms with Gasteiger partial charge in [-0.2, -0.15) is 0 Å². The van der Waals surface area contributed by atoms with Crippen molar-refractivity contribution in [1.29, 1.82) is 0 Å². The van der Waals surface area contributed by atoms with Gasteiger partial charge in [0.15, 0.2) is 10.9 Å². The summed E-state index contributed by atoms with van der Waals surface area (Å²) >= 11 is 4.84. The Balaban J connectivity index is 1.86. The van der Waals surface area contributed by atoms with Gasteiger partial charge in [-0.1, -0.05) is 18.2 Å². The Bertz CT molecular complexity index is 613. The van der Waals surface area contributed by atoms with Crippen LogP contribution in [-0.4, -0.2) is 18.1 Å². The molecule has 1 aromatic heterocycles. The van der Waals surface area contributed by atoms with Gasteiger partial charge in [0.05, 0.1) is 0 Å². The van der Waals surface area contributed by atoms with E-state index in [1.165, 1.54) is 0 Å². The van der Waals surface area contributed by atoms with Gasteiger partial charge in [-0.15, -0.1) is 0 Å². The van der Waals surface area contributed by atoms with Gasteiger partial charge in [0.1, 0.15) is 18.1 Å². The first-order valence-electron chi connectivity index (χ1n) is 6.23. The van der Waals surface area contributed by atoms with Gasteiger partial charge in [-0.25, -0.2) is 0 Å². The predicted molar refractivity (Wildman–Crippen MR) is 81.7 cm³/mol. The van der Waals surface area contributed by atoms with Crippen molar-refractivity contribution in [3.8, 4) is 5.75 Å². The van der Waals surface area contributed by atoms with Crippen molar-refractivity contribution in [2.75, 3.05) is 7.05 Å². The second-order valence-electron chi connectivity index (χ2n) is 4.03. The Labute approximate surface area is 127 Å². The molecular formula is C14H15N3O3S. The highest BCUT2D eigenvalue weighted by Gasteiger charge is 2.11. The monoisotopic (exact) mass is 305 g/mol. The van der Waals surface area contributed by atoms with E-state index in [0.29, 0.717) is 10.9 Å². The summed E-state index contributed by atoms with van der Waals surface area (Å²) in [5.74, 6) is 1.05. The van der Waals surface area contributed by atoms with Crippen LogP contribution in [0, 0.1) is 0 Å². The van der Waals surface area contributed by atoms with Crippen LogP contribution in [0.3, 0.4) is 0 Å². The fourth-order valence-electron chi connectivity index (χ4n) is 1.49. The summed E-state index contributed by atoms with van der Waals surface area (Å²) in [6.07, 6.45) is 0. The maximum atomic E-state index is 11.8. The Kier molecular flexibility index (Phi) is 5.16. The highest BCUT2D eigenvalue weighted by atomic mass is 32.1. The molecule has 1 heterocycles. The van der Waals surface area contributed by atoms with Crippen LogP contribution in [-0.2, 0) is 6.61 Å². The maximum absolute atomic E-state index is 11.8. The molecule has 0 saturated carbocycles. The molecule has 0 spiro atoms. The van der Waals surface area contributed by atoms with Gasteiger partial charge >= 0.3 is 5.91 Å². The summed E-state index contributed by atoms with van der Waals surface area (Å²) in [5, 5.41) is 2.98. The highest BCUT2D eigenvalue weighted by molar-refractivity contribution is 7.80. The summed E-state index contributed by atoms with van der Waals surface area (Å²) in [7, 11) is 1.65. The van der Waals surface area contributed by atoms with E-state index >= 15 is 0 Å². The molecule has 0 aliphatic carbocycles. The van der Waals surface area contributed by atoms with E-state index in [1.54, 1.807) is 19.2 Å². The molecule has 1 amide bonds. The van der Waals surface area contributed by atoms with Gasteiger partial charge in [-0.3, -0.25) is 15.6 Å². The number of ether oxygens (including phenoxy) is 1. The second-order valence-corrected chi connectivity index (χ2v) is 4.43. The fraction of sp³-hybridized carbons (Fsp3) is 0.143. The molecule has 0 fully saturated rings. The molecule has 6 nitrogen and oxygen atoms in total. The molecular weight excluding hydrogens is 290 g/mol. The molecule has 2 rings (SSSR count). The molecule has 0 saturated heterocycles. The van der Waals surface area contributed by atoms with Crippen LogP contribution < -0.4 is 20.9 Å². The Morgan fingerprint density at radius 3 is 2.67 bits per heavy atom. The van der Waals surface area contributed by atoms with Gasteiger partial charge < -0.3 is 14.5 Å². The lowest BCUT2D eigenvalue weighted by Crippen LogP contribution is -2.45. The molecule has 0 bridgehead atoms. The zero-order chi connectivity index (χ0) is 15.1. The average molecular weight is 305 g/mol. The topological polar surface area (TPSA) is 75.5 Å². The number of amides is 1. The lowest BCUT2D eigenvalue weighted by atomic mass is 10.3. The van der Waals surface area contributed by atoms with Gasteiger partial charge in [0.2, 0.25) is 0 Å². The smallest absolute Gasteiger partial charge is 0.305 e. The van der Waals surface area contributed by atoms with E-state index in [1.807, 2.05) is 30.3 Å². The molecule has 21 heavy (non-hydrogen) atoms. The molecule has 0 aliphatic rings. The van der Waals surface area contributed by atoms with E-state index in [4.69, 9.17) is 21.4 Å². The van der Waals surface area contributed by atoms with Crippen molar-refractivity contribution in [3.63, 3.8) is 0 Å². The summed E-state index contributed by atoms with van der Waals surface area (Å²) < 4.78 is 10.9. The zero-order valence-corrected chi connectivity index (χ0v) is 12.2. The Hall–Kier alpha value is -2.54. The van der Waals surface area contributed by atoms with Crippen molar-refractivity contribution in [1.82, 2.24) is 16.2 Å².